The van der Waals surface area contributed by atoms with Gasteiger partial charge < -0.3 is 14.4 Å². The van der Waals surface area contributed by atoms with E-state index in [1.807, 2.05) is 0 Å². The molecule has 0 spiro atoms. The smallest absolute Gasteiger partial charge is 0.339 e. The summed E-state index contributed by atoms with van der Waals surface area (Å²) in [4.78, 5) is 25.3. The number of rotatable bonds is 6. The van der Waals surface area contributed by atoms with E-state index >= 15 is 0 Å². The zero-order chi connectivity index (χ0) is 21.2. The predicted molar refractivity (Wildman–Crippen MR) is 108 cm³/mol. The topological polar surface area (TPSA) is 102 Å². The molecule has 0 aliphatic carbocycles. The second-order valence-corrected chi connectivity index (χ2v) is 8.36. The van der Waals surface area contributed by atoms with Gasteiger partial charge in [0, 0.05) is 18.7 Å². The number of esters is 1. The van der Waals surface area contributed by atoms with Gasteiger partial charge in [-0.05, 0) is 42.8 Å². The van der Waals surface area contributed by atoms with E-state index in [1.54, 1.807) is 0 Å². The van der Waals surface area contributed by atoms with Gasteiger partial charge in [0.25, 0.3) is 10.0 Å². The van der Waals surface area contributed by atoms with Crippen LogP contribution in [-0.4, -0.2) is 41.1 Å². The van der Waals surface area contributed by atoms with Crippen molar-refractivity contribution in [3.63, 3.8) is 0 Å². The van der Waals surface area contributed by atoms with Gasteiger partial charge in [0.05, 0.1) is 35.4 Å². The van der Waals surface area contributed by atoms with Gasteiger partial charge in [-0.15, -0.1) is 0 Å². The average molecular weight is 439 g/mol. The summed E-state index contributed by atoms with van der Waals surface area (Å²) in [5.41, 5.74) is 0.570. The lowest BCUT2D eigenvalue weighted by Crippen LogP contribution is -2.25. The van der Waals surface area contributed by atoms with Gasteiger partial charge in [-0.25, -0.2) is 13.2 Å². The number of hydrogen-bond donors (Lipinski definition) is 1. The Labute approximate surface area is 173 Å². The molecule has 0 bridgehead atoms. The van der Waals surface area contributed by atoms with E-state index < -0.39 is 16.0 Å². The summed E-state index contributed by atoms with van der Waals surface area (Å²) in [7, 11) is -1.35. The molecule has 0 saturated carbocycles. The van der Waals surface area contributed by atoms with Crippen molar-refractivity contribution in [1.29, 1.82) is 0 Å². The Morgan fingerprint density at radius 2 is 1.93 bits per heavy atom. The fourth-order valence-corrected chi connectivity index (χ4v) is 4.28. The van der Waals surface area contributed by atoms with Gasteiger partial charge >= 0.3 is 5.97 Å². The molecule has 2 aromatic carbocycles. The molecule has 1 amide bonds. The van der Waals surface area contributed by atoms with Crippen LogP contribution in [0.2, 0.25) is 5.02 Å². The lowest BCUT2D eigenvalue weighted by Gasteiger charge is -2.20. The maximum atomic E-state index is 12.9. The Morgan fingerprint density at radius 3 is 2.55 bits per heavy atom. The summed E-state index contributed by atoms with van der Waals surface area (Å²) in [5, 5.41) is 0.138. The van der Waals surface area contributed by atoms with E-state index in [0.29, 0.717) is 30.8 Å². The molecule has 1 fully saturated rings. The molecule has 1 N–H and O–H groups in total. The highest BCUT2D eigenvalue weighted by Crippen LogP contribution is 2.34. The molecular formula is C19H19ClN2O6S. The summed E-state index contributed by atoms with van der Waals surface area (Å²) < 4.78 is 38.1. The van der Waals surface area contributed by atoms with Crippen molar-refractivity contribution in [2.24, 2.45) is 0 Å². The molecule has 8 nitrogen and oxygen atoms in total. The predicted octanol–water partition coefficient (Wildman–Crippen LogP) is 3.06. The molecule has 1 aliphatic heterocycles. The number of methoxy groups -OCH3 is 2. The molecule has 29 heavy (non-hydrogen) atoms. The first-order chi connectivity index (χ1) is 13.8. The maximum Gasteiger partial charge on any atom is 0.339 e. The number of hydrogen-bond acceptors (Lipinski definition) is 6. The molecular weight excluding hydrogens is 420 g/mol. The Balaban J connectivity index is 1.96. The van der Waals surface area contributed by atoms with Gasteiger partial charge in [0.1, 0.15) is 5.75 Å². The molecule has 0 atom stereocenters. The van der Waals surface area contributed by atoms with E-state index in [9.17, 15) is 18.0 Å². The summed E-state index contributed by atoms with van der Waals surface area (Å²) in [5.74, 6) is -0.375. The minimum absolute atomic E-state index is 0.0347. The summed E-state index contributed by atoms with van der Waals surface area (Å²) in [6.07, 6.45) is 1.09. The van der Waals surface area contributed by atoms with Crippen LogP contribution < -0.4 is 14.4 Å². The van der Waals surface area contributed by atoms with Crippen LogP contribution >= 0.6 is 11.6 Å². The van der Waals surface area contributed by atoms with Crippen LogP contribution in [0.25, 0.3) is 0 Å². The van der Waals surface area contributed by atoms with E-state index in [1.165, 1.54) is 55.5 Å². The highest BCUT2D eigenvalue weighted by atomic mass is 35.5. The Kier molecular flexibility index (Phi) is 5.99. The highest BCUT2D eigenvalue weighted by molar-refractivity contribution is 7.92. The SMILES string of the molecule is COC(=O)c1cc(NS(=O)(=O)c2ccc(OC)c(N3CCCC3=O)c2)ccc1Cl. The molecule has 3 rings (SSSR count). The summed E-state index contributed by atoms with van der Waals surface area (Å²) >= 11 is 5.97. The zero-order valence-corrected chi connectivity index (χ0v) is 17.3. The normalized spacial score (nSPS) is 14.0. The molecule has 1 aliphatic rings. The van der Waals surface area contributed by atoms with Crippen molar-refractivity contribution >= 4 is 44.9 Å². The third-order valence-electron chi connectivity index (χ3n) is 4.45. The van der Waals surface area contributed by atoms with Crippen molar-refractivity contribution in [3.05, 3.63) is 47.0 Å². The Bertz CT molecular complexity index is 1070. The average Bonchev–Trinajstić information content (AvgIpc) is 3.13. The molecule has 0 aromatic heterocycles. The first kappa shape index (κ1) is 20.9. The molecule has 1 heterocycles. The summed E-state index contributed by atoms with van der Waals surface area (Å²) in [6.45, 7) is 0.492. The number of benzene rings is 2. The number of nitrogens with one attached hydrogen (secondary N) is 1. The molecule has 1 saturated heterocycles. The van der Waals surface area contributed by atoms with E-state index in [-0.39, 0.29) is 27.1 Å². The number of carbonyl (C=O) groups is 2. The van der Waals surface area contributed by atoms with Crippen molar-refractivity contribution in [1.82, 2.24) is 0 Å². The maximum absolute atomic E-state index is 12.9. The quantitative estimate of drug-likeness (QED) is 0.695. The third kappa shape index (κ3) is 4.30. The zero-order valence-electron chi connectivity index (χ0n) is 15.8. The number of anilines is 2. The Hall–Kier alpha value is -2.78. The molecule has 154 valence electrons. The van der Waals surface area contributed by atoms with Gasteiger partial charge in [-0.2, -0.15) is 0 Å². The fourth-order valence-electron chi connectivity index (χ4n) is 3.02. The molecule has 2 aromatic rings. The van der Waals surface area contributed by atoms with Gasteiger partial charge in [0.15, 0.2) is 0 Å². The molecule has 0 radical (unpaired) electrons. The van der Waals surface area contributed by atoms with Crippen LogP contribution in [0.4, 0.5) is 11.4 Å². The number of halogens is 1. The number of nitrogens with zero attached hydrogens (tertiary/aromatic N) is 1. The van der Waals surface area contributed by atoms with Crippen LogP contribution in [0.15, 0.2) is 41.3 Å². The number of sulfonamides is 1. The van der Waals surface area contributed by atoms with E-state index in [0.717, 1.165) is 0 Å². The minimum atomic E-state index is -4.01. The van der Waals surface area contributed by atoms with Crippen LogP contribution in [-0.2, 0) is 19.6 Å². The standard InChI is InChI=1S/C19H19ClN2O6S/c1-27-17-8-6-13(11-16(17)22-9-3-4-18(22)23)29(25,26)21-12-5-7-15(20)14(10-12)19(24)28-2/h5-8,10-11,21H,3-4,9H2,1-2H3. The van der Waals surface area contributed by atoms with Crippen LogP contribution in [0, 0.1) is 0 Å². The number of carbonyl (C=O) groups excluding carboxylic acids is 2. The van der Waals surface area contributed by atoms with Crippen LogP contribution in [0.1, 0.15) is 23.2 Å². The monoisotopic (exact) mass is 438 g/mol. The van der Waals surface area contributed by atoms with Gasteiger partial charge in [0.2, 0.25) is 5.91 Å². The van der Waals surface area contributed by atoms with Crippen molar-refractivity contribution < 1.29 is 27.5 Å². The lowest BCUT2D eigenvalue weighted by atomic mass is 10.2. The first-order valence-corrected chi connectivity index (χ1v) is 10.5. The van der Waals surface area contributed by atoms with Crippen LogP contribution in [0.5, 0.6) is 5.75 Å². The van der Waals surface area contributed by atoms with E-state index in [4.69, 9.17) is 16.3 Å². The minimum Gasteiger partial charge on any atom is -0.495 e. The largest absolute Gasteiger partial charge is 0.495 e. The fraction of sp³-hybridized carbons (Fsp3) is 0.263. The second-order valence-electron chi connectivity index (χ2n) is 6.27. The van der Waals surface area contributed by atoms with Crippen LogP contribution in [0.3, 0.4) is 0 Å². The number of ether oxygens (including phenoxy) is 2. The van der Waals surface area contributed by atoms with Gasteiger partial charge in [-0.3, -0.25) is 9.52 Å². The Morgan fingerprint density at radius 1 is 1.17 bits per heavy atom. The van der Waals surface area contributed by atoms with E-state index in [2.05, 4.69) is 9.46 Å². The van der Waals surface area contributed by atoms with Crippen molar-refractivity contribution in [2.45, 2.75) is 17.7 Å². The second kappa shape index (κ2) is 8.30. The first-order valence-electron chi connectivity index (χ1n) is 8.66. The van der Waals surface area contributed by atoms with Gasteiger partial charge in [-0.1, -0.05) is 11.6 Å². The number of amides is 1. The molecule has 0 unspecified atom stereocenters. The summed E-state index contributed by atoms with van der Waals surface area (Å²) in [6, 6.07) is 8.38. The van der Waals surface area contributed by atoms with Crippen molar-refractivity contribution in [3.8, 4) is 5.75 Å². The third-order valence-corrected chi connectivity index (χ3v) is 6.16. The molecule has 10 heteroatoms. The van der Waals surface area contributed by atoms with Crippen molar-refractivity contribution in [2.75, 3.05) is 30.4 Å². The highest BCUT2D eigenvalue weighted by Gasteiger charge is 2.27. The lowest BCUT2D eigenvalue weighted by molar-refractivity contribution is -0.117.